The summed E-state index contributed by atoms with van der Waals surface area (Å²) in [5.41, 5.74) is -0.385. The molecule has 106 valence electrons. The molecule has 4 heteroatoms. The first kappa shape index (κ1) is 15.4. The van der Waals surface area contributed by atoms with E-state index in [4.69, 9.17) is 0 Å². The number of hydroxylamine groups is 2. The zero-order valence-electron chi connectivity index (χ0n) is 12.3. The van der Waals surface area contributed by atoms with E-state index in [1.54, 1.807) is 0 Å². The van der Waals surface area contributed by atoms with Crippen LogP contribution in [-0.4, -0.2) is 45.7 Å². The molecule has 1 aliphatic rings. The minimum atomic E-state index is -0.385. The Labute approximate surface area is 111 Å². The molecule has 1 fully saturated rings. The fourth-order valence-corrected chi connectivity index (χ4v) is 2.39. The van der Waals surface area contributed by atoms with E-state index in [2.05, 4.69) is 0 Å². The highest BCUT2D eigenvalue weighted by Gasteiger charge is 2.31. The van der Waals surface area contributed by atoms with Gasteiger partial charge in [-0.3, -0.25) is 4.79 Å². The number of amides is 1. The van der Waals surface area contributed by atoms with Gasteiger partial charge in [-0.25, -0.2) is 0 Å². The summed E-state index contributed by atoms with van der Waals surface area (Å²) in [6, 6.07) is 0.186. The Morgan fingerprint density at radius 3 is 2.39 bits per heavy atom. The van der Waals surface area contributed by atoms with Crippen molar-refractivity contribution in [1.82, 2.24) is 9.96 Å². The van der Waals surface area contributed by atoms with Gasteiger partial charge in [0.1, 0.15) is 0 Å². The monoisotopic (exact) mass is 256 g/mol. The minimum absolute atomic E-state index is 0.186. The van der Waals surface area contributed by atoms with Crippen molar-refractivity contribution in [2.24, 2.45) is 0 Å². The minimum Gasteiger partial charge on any atom is -0.338 e. The molecule has 4 nitrogen and oxygen atoms in total. The van der Waals surface area contributed by atoms with E-state index in [0.717, 1.165) is 25.7 Å². The molecule has 1 aliphatic heterocycles. The standard InChI is InChI=1S/C14H28N2O2/c1-12(2)15-11-14(3,4)16(18)10-8-6-5-7-9-13(15)17/h12,18H,5-11H2,1-4H3. The summed E-state index contributed by atoms with van der Waals surface area (Å²) in [6.45, 7) is 9.33. The van der Waals surface area contributed by atoms with Crippen LogP contribution < -0.4 is 0 Å². The molecule has 0 bridgehead atoms. The lowest BCUT2D eigenvalue weighted by atomic mass is 10.0. The van der Waals surface area contributed by atoms with Crippen LogP contribution >= 0.6 is 0 Å². The van der Waals surface area contributed by atoms with Gasteiger partial charge >= 0.3 is 0 Å². The highest BCUT2D eigenvalue weighted by molar-refractivity contribution is 5.76. The molecule has 0 aromatic carbocycles. The Kier molecular flexibility index (Phi) is 5.60. The van der Waals surface area contributed by atoms with E-state index in [1.807, 2.05) is 32.6 Å². The van der Waals surface area contributed by atoms with E-state index in [9.17, 15) is 10.0 Å². The van der Waals surface area contributed by atoms with Crippen LogP contribution in [0, 0.1) is 0 Å². The third-order valence-electron chi connectivity index (χ3n) is 3.71. The summed E-state index contributed by atoms with van der Waals surface area (Å²) in [5, 5.41) is 11.5. The van der Waals surface area contributed by atoms with Crippen molar-refractivity contribution in [2.45, 2.75) is 71.4 Å². The average Bonchev–Trinajstić information content (AvgIpc) is 2.30. The Balaban J connectivity index is 2.83. The number of carbonyl (C=O) groups excluding carboxylic acids is 1. The first-order valence-electron chi connectivity index (χ1n) is 7.10. The second-order valence-electron chi connectivity index (χ2n) is 6.22. The highest BCUT2D eigenvalue weighted by Crippen LogP contribution is 2.20. The molecule has 0 saturated carbocycles. The van der Waals surface area contributed by atoms with Crippen LogP contribution in [0.3, 0.4) is 0 Å². The van der Waals surface area contributed by atoms with Crippen molar-refractivity contribution in [3.63, 3.8) is 0 Å². The quantitative estimate of drug-likeness (QED) is 0.784. The van der Waals surface area contributed by atoms with Gasteiger partial charge in [0.25, 0.3) is 0 Å². The maximum Gasteiger partial charge on any atom is 0.222 e. The fourth-order valence-electron chi connectivity index (χ4n) is 2.39. The van der Waals surface area contributed by atoms with Crippen LogP contribution in [0.5, 0.6) is 0 Å². The topological polar surface area (TPSA) is 43.8 Å². The Morgan fingerprint density at radius 2 is 1.78 bits per heavy atom. The van der Waals surface area contributed by atoms with Crippen molar-refractivity contribution in [1.29, 1.82) is 0 Å². The SMILES string of the molecule is CC(C)N1CC(C)(C)N(O)CCCCCCC1=O. The maximum atomic E-state index is 12.2. The van der Waals surface area contributed by atoms with Crippen LogP contribution in [0.15, 0.2) is 0 Å². The predicted octanol–water partition coefficient (Wildman–Crippen LogP) is 2.66. The summed E-state index contributed by atoms with van der Waals surface area (Å²) in [5.74, 6) is 0.216. The van der Waals surface area contributed by atoms with Crippen molar-refractivity contribution in [3.05, 3.63) is 0 Å². The summed E-state index contributed by atoms with van der Waals surface area (Å²) in [6.07, 6.45) is 4.76. The number of rotatable bonds is 1. The maximum absolute atomic E-state index is 12.2. The third-order valence-corrected chi connectivity index (χ3v) is 3.71. The molecule has 18 heavy (non-hydrogen) atoms. The van der Waals surface area contributed by atoms with Gasteiger partial charge in [0.15, 0.2) is 0 Å². The van der Waals surface area contributed by atoms with Crippen LogP contribution in [0.2, 0.25) is 0 Å². The van der Waals surface area contributed by atoms with Gasteiger partial charge in [0.05, 0.1) is 5.54 Å². The average molecular weight is 256 g/mol. The number of hydrogen-bond acceptors (Lipinski definition) is 3. The van der Waals surface area contributed by atoms with Gasteiger partial charge in [0.2, 0.25) is 5.91 Å². The molecule has 1 rings (SSSR count). The van der Waals surface area contributed by atoms with Gasteiger partial charge in [-0.15, -0.1) is 0 Å². The molecular weight excluding hydrogens is 228 g/mol. The first-order chi connectivity index (χ1) is 8.34. The van der Waals surface area contributed by atoms with E-state index in [0.29, 0.717) is 19.5 Å². The molecule has 1 amide bonds. The molecular formula is C14H28N2O2. The molecule has 0 unspecified atom stereocenters. The van der Waals surface area contributed by atoms with Gasteiger partial charge in [-0.1, -0.05) is 12.8 Å². The van der Waals surface area contributed by atoms with E-state index < -0.39 is 0 Å². The molecule has 0 aliphatic carbocycles. The molecule has 0 aromatic rings. The third kappa shape index (κ3) is 4.25. The number of nitrogens with zero attached hydrogens (tertiary/aromatic N) is 2. The van der Waals surface area contributed by atoms with Gasteiger partial charge in [0, 0.05) is 25.6 Å². The fraction of sp³-hybridized carbons (Fsp3) is 0.929. The predicted molar refractivity (Wildman–Crippen MR) is 72.5 cm³/mol. The highest BCUT2D eigenvalue weighted by atomic mass is 16.5. The van der Waals surface area contributed by atoms with E-state index in [-0.39, 0.29) is 17.5 Å². The molecule has 0 atom stereocenters. The molecule has 1 heterocycles. The zero-order valence-corrected chi connectivity index (χ0v) is 12.3. The lowest BCUT2D eigenvalue weighted by molar-refractivity contribution is -0.173. The Bertz CT molecular complexity index is 277. The van der Waals surface area contributed by atoms with Crippen LogP contribution in [-0.2, 0) is 4.79 Å². The first-order valence-corrected chi connectivity index (χ1v) is 7.10. The van der Waals surface area contributed by atoms with Crippen LogP contribution in [0.25, 0.3) is 0 Å². The summed E-state index contributed by atoms with van der Waals surface area (Å²) >= 11 is 0. The molecule has 1 saturated heterocycles. The Hall–Kier alpha value is -0.610. The lowest BCUT2D eigenvalue weighted by Gasteiger charge is -2.39. The number of carbonyl (C=O) groups is 1. The molecule has 0 aromatic heterocycles. The summed E-state index contributed by atoms with van der Waals surface area (Å²) < 4.78 is 0. The van der Waals surface area contributed by atoms with Crippen molar-refractivity contribution < 1.29 is 10.0 Å². The van der Waals surface area contributed by atoms with Gasteiger partial charge in [-0.2, -0.15) is 5.06 Å². The molecule has 0 radical (unpaired) electrons. The lowest BCUT2D eigenvalue weighted by Crippen LogP contribution is -2.53. The van der Waals surface area contributed by atoms with Gasteiger partial charge in [-0.05, 0) is 40.5 Å². The molecule has 1 N–H and O–H groups in total. The summed E-state index contributed by atoms with van der Waals surface area (Å²) in [7, 11) is 0. The van der Waals surface area contributed by atoms with Gasteiger partial charge < -0.3 is 10.1 Å². The summed E-state index contributed by atoms with van der Waals surface area (Å²) in [4.78, 5) is 14.1. The zero-order chi connectivity index (χ0) is 13.8. The second kappa shape index (κ2) is 6.53. The largest absolute Gasteiger partial charge is 0.338 e. The molecule has 0 spiro atoms. The Morgan fingerprint density at radius 1 is 1.17 bits per heavy atom. The van der Waals surface area contributed by atoms with Crippen molar-refractivity contribution >= 4 is 5.91 Å². The smallest absolute Gasteiger partial charge is 0.222 e. The normalized spacial score (nSPS) is 24.1. The number of hydrogen-bond donors (Lipinski definition) is 1. The van der Waals surface area contributed by atoms with Crippen LogP contribution in [0.1, 0.15) is 59.8 Å². The van der Waals surface area contributed by atoms with E-state index in [1.165, 1.54) is 5.06 Å². The van der Waals surface area contributed by atoms with Crippen LogP contribution in [0.4, 0.5) is 0 Å². The van der Waals surface area contributed by atoms with E-state index >= 15 is 0 Å². The second-order valence-corrected chi connectivity index (χ2v) is 6.22. The van der Waals surface area contributed by atoms with Crippen molar-refractivity contribution in [2.75, 3.05) is 13.1 Å². The van der Waals surface area contributed by atoms with Crippen molar-refractivity contribution in [3.8, 4) is 0 Å².